The summed E-state index contributed by atoms with van der Waals surface area (Å²) in [5, 5.41) is 10.8. The number of amides is 1. The topological polar surface area (TPSA) is 93.0 Å². The van der Waals surface area contributed by atoms with Crippen LogP contribution in [0.5, 0.6) is 0 Å². The number of para-hydroxylation sites is 1. The molecule has 0 N–H and O–H groups in total. The minimum atomic E-state index is -0.883. The maximum atomic E-state index is 12.7. The van der Waals surface area contributed by atoms with E-state index in [2.05, 4.69) is 0 Å². The van der Waals surface area contributed by atoms with E-state index in [9.17, 15) is 19.7 Å². The molecule has 0 bridgehead atoms. The number of nitro groups is 1. The summed E-state index contributed by atoms with van der Waals surface area (Å²) in [6.45, 7) is 2.69. The van der Waals surface area contributed by atoms with Crippen molar-refractivity contribution in [1.29, 1.82) is 0 Å². The highest BCUT2D eigenvalue weighted by atomic mass is 32.2. The number of ether oxygens (including phenoxy) is 1. The summed E-state index contributed by atoms with van der Waals surface area (Å²) in [5.41, 5.74) is 1.58. The van der Waals surface area contributed by atoms with E-state index in [1.54, 1.807) is 25.1 Å². The second-order valence-corrected chi connectivity index (χ2v) is 7.68. The second-order valence-electron chi connectivity index (χ2n) is 6.66. The minimum absolute atomic E-state index is 0.0408. The maximum Gasteiger partial charge on any atom is 0.397 e. The Bertz CT molecular complexity index is 886. The smallest absolute Gasteiger partial charge is 0.397 e. The summed E-state index contributed by atoms with van der Waals surface area (Å²) in [6, 6.07) is 13.7. The Hall–Kier alpha value is -2.91. The average molecular weight is 432 g/mol. The number of nitro benzene ring substituents is 1. The van der Waals surface area contributed by atoms with Gasteiger partial charge >= 0.3 is 11.9 Å². The van der Waals surface area contributed by atoms with Crippen LogP contribution in [0.4, 0.5) is 11.4 Å². The summed E-state index contributed by atoms with van der Waals surface area (Å²) in [4.78, 5) is 39.4. The predicted octanol–water partition coefficient (Wildman–Crippen LogP) is 3.34. The van der Waals surface area contributed by atoms with Gasteiger partial charge in [0.1, 0.15) is 0 Å². The minimum Gasteiger partial charge on any atom is -0.459 e. The molecule has 1 amide bonds. The number of likely N-dealkylation sites (N-methyl/N-ethyl adjacent to an activating group) is 1. The molecule has 0 saturated carbocycles. The van der Waals surface area contributed by atoms with Crippen LogP contribution in [0, 0.1) is 10.1 Å². The van der Waals surface area contributed by atoms with E-state index in [-0.39, 0.29) is 12.3 Å². The van der Waals surface area contributed by atoms with Crippen LogP contribution in [-0.2, 0) is 20.1 Å². The zero-order valence-electron chi connectivity index (χ0n) is 17.2. The van der Waals surface area contributed by atoms with Gasteiger partial charge in [0.05, 0.1) is 17.2 Å². The first kappa shape index (κ1) is 23.4. The Morgan fingerprint density at radius 2 is 1.73 bits per heavy atom. The van der Waals surface area contributed by atoms with E-state index < -0.39 is 16.8 Å². The fraction of sp³-hybridized carbons (Fsp3) is 0.333. The van der Waals surface area contributed by atoms with Gasteiger partial charge in [0.15, 0.2) is 0 Å². The molecule has 0 unspecified atom stereocenters. The molecule has 2 aromatic carbocycles. The van der Waals surface area contributed by atoms with Gasteiger partial charge in [-0.2, -0.15) is 0 Å². The van der Waals surface area contributed by atoms with Crippen molar-refractivity contribution in [2.24, 2.45) is 0 Å². The fourth-order valence-electron chi connectivity index (χ4n) is 2.61. The monoisotopic (exact) mass is 431 g/mol. The van der Waals surface area contributed by atoms with Crippen LogP contribution in [-0.4, -0.2) is 55.5 Å². The number of nitrogens with zero attached hydrogens (tertiary/aromatic N) is 3. The van der Waals surface area contributed by atoms with Crippen LogP contribution in [0.15, 0.2) is 53.4 Å². The van der Waals surface area contributed by atoms with Gasteiger partial charge in [-0.25, -0.2) is 4.79 Å². The van der Waals surface area contributed by atoms with Gasteiger partial charge in [-0.15, -0.1) is 11.8 Å². The van der Waals surface area contributed by atoms with E-state index in [1.165, 1.54) is 28.8 Å². The molecule has 0 aromatic heterocycles. The van der Waals surface area contributed by atoms with Crippen LogP contribution in [0.3, 0.4) is 0 Å². The van der Waals surface area contributed by atoms with Gasteiger partial charge in [-0.05, 0) is 38.7 Å². The van der Waals surface area contributed by atoms with Crippen molar-refractivity contribution in [3.05, 3.63) is 64.2 Å². The number of anilines is 1. The first-order chi connectivity index (χ1) is 14.3. The molecule has 2 rings (SSSR count). The number of thioether (sulfide) groups is 1. The zero-order chi connectivity index (χ0) is 22.1. The third-order valence-electron chi connectivity index (χ3n) is 4.16. The van der Waals surface area contributed by atoms with Gasteiger partial charge in [0.2, 0.25) is 0 Å². The lowest BCUT2D eigenvalue weighted by molar-refractivity contribution is -0.384. The van der Waals surface area contributed by atoms with E-state index >= 15 is 0 Å². The highest BCUT2D eigenvalue weighted by molar-refractivity contribution is 7.98. The fourth-order valence-corrected chi connectivity index (χ4v) is 3.63. The third kappa shape index (κ3) is 6.57. The summed E-state index contributed by atoms with van der Waals surface area (Å²) in [6.07, 6.45) is 0. The molecule has 30 heavy (non-hydrogen) atoms. The third-order valence-corrected chi connectivity index (χ3v) is 5.30. The van der Waals surface area contributed by atoms with Gasteiger partial charge < -0.3 is 14.5 Å². The highest BCUT2D eigenvalue weighted by Crippen LogP contribution is 2.33. The summed E-state index contributed by atoms with van der Waals surface area (Å²) in [5.74, 6) is -1.03. The molecule has 0 aliphatic heterocycles. The molecule has 0 radical (unpaired) electrons. The number of benzene rings is 2. The van der Waals surface area contributed by atoms with Crippen molar-refractivity contribution in [2.75, 3.05) is 38.7 Å². The predicted molar refractivity (Wildman–Crippen MR) is 117 cm³/mol. The highest BCUT2D eigenvalue weighted by Gasteiger charge is 2.26. The number of carbonyl (C=O) groups excluding carboxylic acids is 2. The van der Waals surface area contributed by atoms with E-state index in [1.807, 2.05) is 37.2 Å². The van der Waals surface area contributed by atoms with E-state index in [4.69, 9.17) is 4.74 Å². The van der Waals surface area contributed by atoms with E-state index in [0.29, 0.717) is 24.5 Å². The van der Waals surface area contributed by atoms with Crippen LogP contribution in [0.1, 0.15) is 12.5 Å². The molecule has 8 nitrogen and oxygen atoms in total. The lowest BCUT2D eigenvalue weighted by Crippen LogP contribution is -2.41. The molecule has 2 aromatic rings. The van der Waals surface area contributed by atoms with Crippen LogP contribution < -0.4 is 4.90 Å². The molecule has 0 atom stereocenters. The van der Waals surface area contributed by atoms with Crippen molar-refractivity contribution in [2.45, 2.75) is 17.6 Å². The van der Waals surface area contributed by atoms with Gasteiger partial charge in [0, 0.05) is 35.9 Å². The number of rotatable bonds is 9. The first-order valence-electron chi connectivity index (χ1n) is 9.42. The van der Waals surface area contributed by atoms with Crippen molar-refractivity contribution in [3.63, 3.8) is 0 Å². The quantitative estimate of drug-likeness (QED) is 0.198. The number of esters is 1. The molecule has 0 saturated heterocycles. The molecular weight excluding hydrogens is 406 g/mol. The number of non-ortho nitro benzene ring substituents is 1. The van der Waals surface area contributed by atoms with Crippen molar-refractivity contribution >= 4 is 35.0 Å². The van der Waals surface area contributed by atoms with Gasteiger partial charge in [0.25, 0.3) is 5.69 Å². The van der Waals surface area contributed by atoms with Crippen LogP contribution >= 0.6 is 11.8 Å². The van der Waals surface area contributed by atoms with Crippen LogP contribution in [0.25, 0.3) is 0 Å². The number of hydrogen-bond donors (Lipinski definition) is 0. The lowest BCUT2D eigenvalue weighted by Gasteiger charge is -2.25. The zero-order valence-corrected chi connectivity index (χ0v) is 18.1. The maximum absolute atomic E-state index is 12.7. The molecule has 0 aliphatic rings. The summed E-state index contributed by atoms with van der Waals surface area (Å²) in [7, 11) is 3.78. The largest absolute Gasteiger partial charge is 0.459 e. The number of hydrogen-bond acceptors (Lipinski definition) is 7. The van der Waals surface area contributed by atoms with Crippen molar-refractivity contribution in [1.82, 2.24) is 4.90 Å². The van der Waals surface area contributed by atoms with Crippen molar-refractivity contribution < 1.29 is 19.2 Å². The summed E-state index contributed by atoms with van der Waals surface area (Å²) < 4.78 is 4.91. The SMILES string of the molecule is CCOC(=O)C(=O)N(CCN(C)C)c1ccccc1SCc1ccc([N+](=O)[O-])cc1. The molecule has 0 heterocycles. The summed E-state index contributed by atoms with van der Waals surface area (Å²) >= 11 is 1.49. The molecule has 160 valence electrons. The standard InChI is InChI=1S/C21H25N3O5S/c1-4-29-21(26)20(25)23(14-13-22(2)3)18-7-5-6-8-19(18)30-15-16-9-11-17(12-10-16)24(27)28/h5-12H,4,13-15H2,1-3H3. The van der Waals surface area contributed by atoms with Crippen molar-refractivity contribution in [3.8, 4) is 0 Å². The second kappa shape index (κ2) is 11.3. The van der Waals surface area contributed by atoms with Gasteiger partial charge in [-0.3, -0.25) is 14.9 Å². The molecule has 9 heteroatoms. The molecule has 0 fully saturated rings. The normalized spacial score (nSPS) is 10.7. The molecular formula is C21H25N3O5S. The Balaban J connectivity index is 2.24. The van der Waals surface area contributed by atoms with Crippen LogP contribution in [0.2, 0.25) is 0 Å². The average Bonchev–Trinajstić information content (AvgIpc) is 2.73. The Morgan fingerprint density at radius 1 is 1.07 bits per heavy atom. The Morgan fingerprint density at radius 3 is 2.33 bits per heavy atom. The number of carbonyl (C=O) groups is 2. The van der Waals surface area contributed by atoms with E-state index in [0.717, 1.165) is 10.5 Å². The first-order valence-corrected chi connectivity index (χ1v) is 10.4. The molecule has 0 spiro atoms. The Labute approximate surface area is 180 Å². The Kier molecular flexibility index (Phi) is 8.82. The molecule has 0 aliphatic carbocycles. The van der Waals surface area contributed by atoms with Gasteiger partial charge in [-0.1, -0.05) is 24.3 Å². The lowest BCUT2D eigenvalue weighted by atomic mass is 10.2.